The molecule has 0 bridgehead atoms. The number of carboxylic acids is 1. The first-order chi connectivity index (χ1) is 9.52. The second-order valence-corrected chi connectivity index (χ2v) is 5.65. The fraction of sp³-hybridized carbons (Fsp3) is 0.385. The average Bonchev–Trinajstić information content (AvgIpc) is 2.42. The van der Waals surface area contributed by atoms with Gasteiger partial charge in [0.05, 0.1) is 6.61 Å². The number of hydrogen-bond donors (Lipinski definition) is 3. The number of aliphatic hydroxyl groups is 1. The molecular weight excluding hydrogens is 302 g/mol. The summed E-state index contributed by atoms with van der Waals surface area (Å²) in [5.74, 6) is -0.870. The van der Waals surface area contributed by atoms with Crippen LogP contribution >= 0.6 is 23.4 Å². The maximum absolute atomic E-state index is 11.5. The number of halogens is 1. The van der Waals surface area contributed by atoms with Crippen LogP contribution in [0.2, 0.25) is 5.02 Å². The highest BCUT2D eigenvalue weighted by Crippen LogP contribution is 2.21. The van der Waals surface area contributed by atoms with Crippen molar-refractivity contribution in [2.24, 2.45) is 0 Å². The molecule has 1 unspecified atom stereocenters. The SMILES string of the molecule is O=C(CCCSc1ccc(Cl)cc1)NC(CO)C(=O)O. The third-order valence-corrected chi connectivity index (χ3v) is 3.80. The van der Waals surface area contributed by atoms with Crippen LogP contribution < -0.4 is 5.32 Å². The van der Waals surface area contributed by atoms with Crippen LogP contribution in [0.3, 0.4) is 0 Å². The van der Waals surface area contributed by atoms with Crippen LogP contribution in [0.25, 0.3) is 0 Å². The van der Waals surface area contributed by atoms with Gasteiger partial charge in [-0.05, 0) is 36.4 Å². The topological polar surface area (TPSA) is 86.6 Å². The highest BCUT2D eigenvalue weighted by Gasteiger charge is 2.17. The van der Waals surface area contributed by atoms with E-state index in [1.807, 2.05) is 12.1 Å². The zero-order chi connectivity index (χ0) is 15.0. The van der Waals surface area contributed by atoms with Gasteiger partial charge in [0.15, 0.2) is 0 Å². The number of amides is 1. The van der Waals surface area contributed by atoms with Crippen molar-refractivity contribution in [3.05, 3.63) is 29.3 Å². The lowest BCUT2D eigenvalue weighted by molar-refractivity contribution is -0.142. The molecule has 7 heteroatoms. The van der Waals surface area contributed by atoms with E-state index < -0.39 is 18.6 Å². The number of aliphatic carboxylic acids is 1. The van der Waals surface area contributed by atoms with E-state index in [4.69, 9.17) is 21.8 Å². The molecule has 0 fully saturated rings. The number of carbonyl (C=O) groups excluding carboxylic acids is 1. The minimum atomic E-state index is -1.24. The van der Waals surface area contributed by atoms with E-state index in [2.05, 4.69) is 5.32 Å². The first-order valence-corrected chi connectivity index (χ1v) is 7.40. The maximum Gasteiger partial charge on any atom is 0.328 e. The number of aliphatic hydroxyl groups excluding tert-OH is 1. The summed E-state index contributed by atoms with van der Waals surface area (Å²) in [7, 11) is 0. The lowest BCUT2D eigenvalue weighted by atomic mass is 10.2. The third-order valence-electron chi connectivity index (χ3n) is 2.45. The first kappa shape index (κ1) is 16.8. The Balaban J connectivity index is 2.22. The van der Waals surface area contributed by atoms with Crippen LogP contribution in [0, 0.1) is 0 Å². The largest absolute Gasteiger partial charge is 0.480 e. The number of thioether (sulfide) groups is 1. The van der Waals surface area contributed by atoms with Gasteiger partial charge in [0.2, 0.25) is 5.91 Å². The fourth-order valence-corrected chi connectivity index (χ4v) is 2.38. The summed E-state index contributed by atoms with van der Waals surface area (Å²) in [6.45, 7) is -0.611. The molecule has 1 atom stereocenters. The average molecular weight is 318 g/mol. The van der Waals surface area contributed by atoms with E-state index >= 15 is 0 Å². The summed E-state index contributed by atoms with van der Waals surface area (Å²) in [5.41, 5.74) is 0. The van der Waals surface area contributed by atoms with Crippen molar-refractivity contribution < 1.29 is 19.8 Å². The Kier molecular flexibility index (Phi) is 7.43. The monoisotopic (exact) mass is 317 g/mol. The normalized spacial score (nSPS) is 11.9. The fourth-order valence-electron chi connectivity index (χ4n) is 1.41. The molecule has 1 amide bonds. The minimum absolute atomic E-state index is 0.227. The van der Waals surface area contributed by atoms with Gasteiger partial charge in [-0.1, -0.05) is 11.6 Å². The highest BCUT2D eigenvalue weighted by molar-refractivity contribution is 7.99. The van der Waals surface area contributed by atoms with Gasteiger partial charge in [-0.3, -0.25) is 4.79 Å². The van der Waals surface area contributed by atoms with E-state index in [0.29, 0.717) is 11.4 Å². The summed E-state index contributed by atoms with van der Waals surface area (Å²) < 4.78 is 0. The van der Waals surface area contributed by atoms with E-state index in [0.717, 1.165) is 10.6 Å². The molecule has 1 aromatic rings. The van der Waals surface area contributed by atoms with Gasteiger partial charge >= 0.3 is 5.97 Å². The summed E-state index contributed by atoms with van der Waals surface area (Å²) in [4.78, 5) is 23.1. The third kappa shape index (κ3) is 6.27. The molecule has 110 valence electrons. The van der Waals surface area contributed by atoms with E-state index in [9.17, 15) is 9.59 Å². The summed E-state index contributed by atoms with van der Waals surface area (Å²) in [6.07, 6.45) is 0.848. The van der Waals surface area contributed by atoms with Crippen molar-refractivity contribution in [3.63, 3.8) is 0 Å². The molecular formula is C13H16ClNO4S. The molecule has 1 aromatic carbocycles. The molecule has 0 saturated heterocycles. The van der Waals surface area contributed by atoms with E-state index in [-0.39, 0.29) is 12.3 Å². The molecule has 0 radical (unpaired) electrons. The molecule has 0 spiro atoms. The van der Waals surface area contributed by atoms with Crippen molar-refractivity contribution in [1.82, 2.24) is 5.32 Å². The minimum Gasteiger partial charge on any atom is -0.480 e. The molecule has 0 aromatic heterocycles. The highest BCUT2D eigenvalue weighted by atomic mass is 35.5. The summed E-state index contributed by atoms with van der Waals surface area (Å²) >= 11 is 7.37. The predicted molar refractivity (Wildman–Crippen MR) is 78.1 cm³/mol. The Labute approximate surface area is 126 Å². The Morgan fingerprint density at radius 2 is 1.95 bits per heavy atom. The number of hydrogen-bond acceptors (Lipinski definition) is 4. The van der Waals surface area contributed by atoms with Gasteiger partial charge < -0.3 is 15.5 Å². The van der Waals surface area contributed by atoms with Crippen LogP contribution in [0.4, 0.5) is 0 Å². The van der Waals surface area contributed by atoms with Crippen LogP contribution in [0.15, 0.2) is 29.2 Å². The zero-order valence-corrected chi connectivity index (χ0v) is 12.3. The van der Waals surface area contributed by atoms with Crippen molar-refractivity contribution in [2.45, 2.75) is 23.8 Å². The second-order valence-electron chi connectivity index (χ2n) is 4.05. The van der Waals surface area contributed by atoms with Crippen LogP contribution in [0.1, 0.15) is 12.8 Å². The molecule has 20 heavy (non-hydrogen) atoms. The molecule has 0 aliphatic carbocycles. The van der Waals surface area contributed by atoms with Gasteiger partial charge in [0.25, 0.3) is 0 Å². The van der Waals surface area contributed by atoms with Gasteiger partial charge in [-0.15, -0.1) is 11.8 Å². The predicted octanol–water partition coefficient (Wildman–Crippen LogP) is 1.77. The molecule has 0 aliphatic heterocycles. The van der Waals surface area contributed by atoms with Crippen LogP contribution in [0.5, 0.6) is 0 Å². The zero-order valence-electron chi connectivity index (χ0n) is 10.7. The molecule has 1 rings (SSSR count). The summed E-state index contributed by atoms with van der Waals surface area (Å²) in [5, 5.41) is 20.4. The van der Waals surface area contributed by atoms with E-state index in [1.165, 1.54) is 0 Å². The van der Waals surface area contributed by atoms with Crippen LogP contribution in [-0.2, 0) is 9.59 Å². The Morgan fingerprint density at radius 3 is 2.50 bits per heavy atom. The number of nitrogens with one attached hydrogen (secondary N) is 1. The smallest absolute Gasteiger partial charge is 0.328 e. The molecule has 0 saturated carbocycles. The molecule has 3 N–H and O–H groups in total. The van der Waals surface area contributed by atoms with Gasteiger partial charge in [-0.2, -0.15) is 0 Å². The van der Waals surface area contributed by atoms with Crippen molar-refractivity contribution in [2.75, 3.05) is 12.4 Å². The van der Waals surface area contributed by atoms with E-state index in [1.54, 1.807) is 23.9 Å². The lowest BCUT2D eigenvalue weighted by Gasteiger charge is -2.11. The number of carbonyl (C=O) groups is 2. The Bertz CT molecular complexity index is 452. The Hall–Kier alpha value is -1.24. The van der Waals surface area contributed by atoms with Gasteiger partial charge in [0.1, 0.15) is 6.04 Å². The molecule has 0 heterocycles. The number of benzene rings is 1. The van der Waals surface area contributed by atoms with Crippen molar-refractivity contribution >= 4 is 35.2 Å². The molecule has 0 aliphatic rings. The van der Waals surface area contributed by atoms with Crippen molar-refractivity contribution in [3.8, 4) is 0 Å². The quantitative estimate of drug-likeness (QED) is 0.502. The van der Waals surface area contributed by atoms with Gasteiger partial charge in [0, 0.05) is 16.3 Å². The second kappa shape index (κ2) is 8.84. The summed E-state index contributed by atoms with van der Waals surface area (Å²) in [6, 6.07) is 6.18. The number of carboxylic acid groups (broad SMARTS) is 1. The standard InChI is InChI=1S/C13H16ClNO4S/c14-9-3-5-10(6-4-9)20-7-1-2-12(17)15-11(8-16)13(18)19/h3-6,11,16H,1-2,7-8H2,(H,15,17)(H,18,19). The van der Waals surface area contributed by atoms with Crippen LogP contribution in [-0.4, -0.2) is 40.5 Å². The first-order valence-electron chi connectivity index (χ1n) is 6.04. The van der Waals surface area contributed by atoms with Gasteiger partial charge in [-0.25, -0.2) is 4.79 Å². The van der Waals surface area contributed by atoms with Crippen molar-refractivity contribution in [1.29, 1.82) is 0 Å². The maximum atomic E-state index is 11.5. The lowest BCUT2D eigenvalue weighted by Crippen LogP contribution is -2.43. The number of rotatable bonds is 8. The Morgan fingerprint density at radius 1 is 1.30 bits per heavy atom. The molecule has 5 nitrogen and oxygen atoms in total.